The first-order valence-electron chi connectivity index (χ1n) is 7.57. The van der Waals surface area contributed by atoms with Crippen LogP contribution in [-0.4, -0.2) is 62.4 Å². The number of carbonyl (C=O) groups is 2. The molecule has 2 amide bonds. The third-order valence-electron chi connectivity index (χ3n) is 4.38. The van der Waals surface area contributed by atoms with Crippen molar-refractivity contribution in [2.75, 3.05) is 19.6 Å². The summed E-state index contributed by atoms with van der Waals surface area (Å²) in [5.74, 6) is 0. The van der Waals surface area contributed by atoms with Crippen LogP contribution in [0.1, 0.15) is 6.42 Å². The number of benzene rings is 1. The number of carboxylic acid groups (broad SMARTS) is 2. The van der Waals surface area contributed by atoms with E-state index >= 15 is 0 Å². The number of fused-ring (bicyclic) bond motifs is 1. The van der Waals surface area contributed by atoms with Crippen molar-refractivity contribution in [1.29, 1.82) is 0 Å². The lowest BCUT2D eigenvalue weighted by atomic mass is 10.1. The number of hydrogen-bond acceptors (Lipinski definition) is 2. The molecule has 1 aromatic carbocycles. The molecule has 0 saturated carbocycles. The molecule has 1 aromatic heterocycles. The van der Waals surface area contributed by atoms with Gasteiger partial charge in [0.05, 0.1) is 6.04 Å². The van der Waals surface area contributed by atoms with E-state index in [1.54, 1.807) is 0 Å². The fourth-order valence-electron chi connectivity index (χ4n) is 3.15. The van der Waals surface area contributed by atoms with Gasteiger partial charge in [0.25, 0.3) is 0 Å². The summed E-state index contributed by atoms with van der Waals surface area (Å²) >= 11 is 0. The van der Waals surface area contributed by atoms with Crippen molar-refractivity contribution in [2.45, 2.75) is 19.0 Å². The maximum absolute atomic E-state index is 11.4. The summed E-state index contributed by atoms with van der Waals surface area (Å²) in [6, 6.07) is 9.70. The minimum atomic E-state index is -0.994. The van der Waals surface area contributed by atoms with Gasteiger partial charge in [-0.15, -0.1) is 0 Å². The molecule has 1 aliphatic rings. The van der Waals surface area contributed by atoms with Crippen molar-refractivity contribution in [2.24, 2.45) is 0 Å². The zero-order valence-corrected chi connectivity index (χ0v) is 12.6. The second-order valence-electron chi connectivity index (χ2n) is 5.72. The maximum atomic E-state index is 11.4. The van der Waals surface area contributed by atoms with Crippen LogP contribution in [0.2, 0.25) is 0 Å². The number of piperazine rings is 1. The number of aryl methyl sites for hydroxylation is 1. The minimum absolute atomic E-state index is 0.221. The molecular formula is C16H19N3O4. The van der Waals surface area contributed by atoms with Gasteiger partial charge in [0, 0.05) is 37.9 Å². The van der Waals surface area contributed by atoms with Crippen molar-refractivity contribution in [1.82, 2.24) is 14.4 Å². The van der Waals surface area contributed by atoms with Gasteiger partial charge in [-0.25, -0.2) is 9.59 Å². The van der Waals surface area contributed by atoms with E-state index in [0.29, 0.717) is 13.0 Å². The Balaban J connectivity index is 1.73. The summed E-state index contributed by atoms with van der Waals surface area (Å²) < 4.78 is 2.08. The van der Waals surface area contributed by atoms with Crippen molar-refractivity contribution >= 4 is 23.1 Å². The normalized spacial score (nSPS) is 18.3. The third-order valence-corrected chi connectivity index (χ3v) is 4.38. The van der Waals surface area contributed by atoms with Crippen LogP contribution in [0.15, 0.2) is 36.5 Å². The topological polar surface area (TPSA) is 86.0 Å². The van der Waals surface area contributed by atoms with Crippen LogP contribution in [0, 0.1) is 0 Å². The fourth-order valence-corrected chi connectivity index (χ4v) is 3.15. The van der Waals surface area contributed by atoms with Crippen molar-refractivity contribution < 1.29 is 19.8 Å². The van der Waals surface area contributed by atoms with Crippen molar-refractivity contribution in [3.63, 3.8) is 0 Å². The SMILES string of the molecule is O=C(O)N1CCN(C(=O)O)[C@H](CCn2ccc3ccccc32)C1. The van der Waals surface area contributed by atoms with Gasteiger partial charge < -0.3 is 24.6 Å². The second kappa shape index (κ2) is 6.20. The Labute approximate surface area is 133 Å². The maximum Gasteiger partial charge on any atom is 0.407 e. The van der Waals surface area contributed by atoms with E-state index in [1.807, 2.05) is 36.5 Å². The average molecular weight is 317 g/mol. The highest BCUT2D eigenvalue weighted by molar-refractivity contribution is 5.79. The summed E-state index contributed by atoms with van der Waals surface area (Å²) in [6.07, 6.45) is 0.575. The molecule has 0 aliphatic carbocycles. The molecule has 1 fully saturated rings. The van der Waals surface area contributed by atoms with Crippen LogP contribution in [0.5, 0.6) is 0 Å². The molecule has 1 aliphatic heterocycles. The molecule has 23 heavy (non-hydrogen) atoms. The van der Waals surface area contributed by atoms with E-state index < -0.39 is 12.2 Å². The lowest BCUT2D eigenvalue weighted by molar-refractivity contribution is 0.0598. The Morgan fingerprint density at radius 1 is 1.09 bits per heavy atom. The monoisotopic (exact) mass is 317 g/mol. The molecule has 2 heterocycles. The molecule has 2 N–H and O–H groups in total. The number of hydrogen-bond donors (Lipinski definition) is 2. The first-order chi connectivity index (χ1) is 11.1. The van der Waals surface area contributed by atoms with Gasteiger partial charge in [-0.1, -0.05) is 18.2 Å². The molecule has 3 rings (SSSR count). The first kappa shape index (κ1) is 15.2. The number of aromatic nitrogens is 1. The third kappa shape index (κ3) is 3.08. The van der Waals surface area contributed by atoms with Crippen molar-refractivity contribution in [3.8, 4) is 0 Å². The van der Waals surface area contributed by atoms with Gasteiger partial charge in [-0.05, 0) is 23.9 Å². The van der Waals surface area contributed by atoms with Gasteiger partial charge >= 0.3 is 12.2 Å². The van der Waals surface area contributed by atoms with E-state index in [4.69, 9.17) is 5.11 Å². The molecule has 0 unspecified atom stereocenters. The summed E-state index contributed by atoms with van der Waals surface area (Å²) in [5.41, 5.74) is 1.10. The van der Waals surface area contributed by atoms with Crippen molar-refractivity contribution in [3.05, 3.63) is 36.5 Å². The fraction of sp³-hybridized carbons (Fsp3) is 0.375. The van der Waals surface area contributed by atoms with Crippen LogP contribution >= 0.6 is 0 Å². The quantitative estimate of drug-likeness (QED) is 0.910. The Morgan fingerprint density at radius 2 is 1.87 bits per heavy atom. The lowest BCUT2D eigenvalue weighted by Gasteiger charge is -2.38. The second-order valence-corrected chi connectivity index (χ2v) is 5.72. The zero-order valence-electron chi connectivity index (χ0n) is 12.6. The first-order valence-corrected chi connectivity index (χ1v) is 7.57. The largest absolute Gasteiger partial charge is 0.465 e. The molecular weight excluding hydrogens is 298 g/mol. The van der Waals surface area contributed by atoms with Gasteiger partial charge in [-0.3, -0.25) is 0 Å². The van der Waals surface area contributed by atoms with Crippen LogP contribution < -0.4 is 0 Å². The van der Waals surface area contributed by atoms with Gasteiger partial charge in [0.1, 0.15) is 0 Å². The molecule has 2 aromatic rings. The molecule has 7 heteroatoms. The highest BCUT2D eigenvalue weighted by Gasteiger charge is 2.32. The minimum Gasteiger partial charge on any atom is -0.465 e. The van der Waals surface area contributed by atoms with E-state index in [2.05, 4.69) is 4.57 Å². The summed E-state index contributed by atoms with van der Waals surface area (Å²) in [5, 5.41) is 19.6. The average Bonchev–Trinajstić information content (AvgIpc) is 2.95. The Hall–Kier alpha value is -2.70. The molecule has 1 saturated heterocycles. The standard InChI is InChI=1S/C16H19N3O4/c20-15(21)18-9-10-19(16(22)23)13(11-18)6-8-17-7-5-12-3-1-2-4-14(12)17/h1-5,7,13H,6,8-11H2,(H,20,21)(H,22,23)/t13-/m1/s1. The molecule has 0 radical (unpaired) electrons. The molecule has 0 spiro atoms. The van der Waals surface area contributed by atoms with Gasteiger partial charge in [0.15, 0.2) is 0 Å². The summed E-state index contributed by atoms with van der Waals surface area (Å²) in [6.45, 7) is 1.32. The molecule has 122 valence electrons. The zero-order chi connectivity index (χ0) is 16.4. The molecule has 0 bridgehead atoms. The van der Waals surface area contributed by atoms with Crippen LogP contribution in [0.4, 0.5) is 9.59 Å². The number of rotatable bonds is 3. The lowest BCUT2D eigenvalue weighted by Crippen LogP contribution is -2.56. The van der Waals surface area contributed by atoms with Crippen LogP contribution in [-0.2, 0) is 6.54 Å². The summed E-state index contributed by atoms with van der Waals surface area (Å²) in [4.78, 5) is 25.1. The van der Waals surface area contributed by atoms with Gasteiger partial charge in [0.2, 0.25) is 0 Å². The van der Waals surface area contributed by atoms with Crippen LogP contribution in [0.3, 0.4) is 0 Å². The predicted molar refractivity (Wildman–Crippen MR) is 84.7 cm³/mol. The molecule has 1 atom stereocenters. The molecule has 7 nitrogen and oxygen atoms in total. The number of para-hydroxylation sites is 1. The van der Waals surface area contributed by atoms with Crippen LogP contribution in [0.25, 0.3) is 10.9 Å². The smallest absolute Gasteiger partial charge is 0.407 e. The highest BCUT2D eigenvalue weighted by atomic mass is 16.4. The van der Waals surface area contributed by atoms with Gasteiger partial charge in [-0.2, -0.15) is 0 Å². The van der Waals surface area contributed by atoms with E-state index in [9.17, 15) is 14.7 Å². The van der Waals surface area contributed by atoms with E-state index in [1.165, 1.54) is 9.80 Å². The highest BCUT2D eigenvalue weighted by Crippen LogP contribution is 2.19. The number of amides is 2. The Bertz CT molecular complexity index is 727. The predicted octanol–water partition coefficient (Wildman–Crippen LogP) is 2.37. The summed E-state index contributed by atoms with van der Waals surface area (Å²) in [7, 11) is 0. The Morgan fingerprint density at radius 3 is 2.61 bits per heavy atom. The Kier molecular flexibility index (Phi) is 4.10. The van der Waals surface area contributed by atoms with E-state index in [-0.39, 0.29) is 25.7 Å². The van der Waals surface area contributed by atoms with E-state index in [0.717, 1.165) is 10.9 Å². The number of nitrogens with zero attached hydrogens (tertiary/aromatic N) is 3.